The quantitative estimate of drug-likeness (QED) is 0.596. The number of hydrogen-bond donors (Lipinski definition) is 1. The van der Waals surface area contributed by atoms with Crippen LogP contribution in [0.3, 0.4) is 0 Å². The van der Waals surface area contributed by atoms with Crippen molar-refractivity contribution in [2.45, 2.75) is 47.1 Å². The minimum absolute atomic E-state index is 0.200. The summed E-state index contributed by atoms with van der Waals surface area (Å²) < 4.78 is 5.38. The molecule has 2 aromatic carbocycles. The van der Waals surface area contributed by atoms with Gasteiger partial charge in [-0.15, -0.1) is 0 Å². The van der Waals surface area contributed by atoms with Crippen molar-refractivity contribution in [3.05, 3.63) is 64.2 Å². The number of allylic oxidation sites excluding steroid dienone is 1. The van der Waals surface area contributed by atoms with Gasteiger partial charge in [-0.25, -0.2) is 0 Å². The largest absolute Gasteiger partial charge is 0.382 e. The van der Waals surface area contributed by atoms with Crippen LogP contribution in [-0.2, 0) is 4.74 Å². The molecule has 0 aliphatic carbocycles. The molecule has 0 radical (unpaired) electrons. The smallest absolute Gasteiger partial charge is 0.0677 e. The number of halogens is 1. The van der Waals surface area contributed by atoms with Crippen LogP contribution in [0.4, 0.5) is 0 Å². The highest BCUT2D eigenvalue weighted by molar-refractivity contribution is 6.30. The Bertz CT molecular complexity index is 765. The maximum atomic E-state index is 6.04. The van der Waals surface area contributed by atoms with E-state index in [2.05, 4.69) is 63.4 Å². The molecule has 0 aliphatic heterocycles. The standard InChI is InChI=1S/C22H28ClNO.C2H6/c1-15-7-12-20(18-8-10-19(23)11-9-18)17(3)21(15)16(2)13-22(4,24-5)14-25-6;1-2/h7-13,24H,14H2,1-6H3;1-2H3/b16-13+;. The Morgan fingerprint density at radius 1 is 1.11 bits per heavy atom. The average molecular weight is 388 g/mol. The van der Waals surface area contributed by atoms with Crippen molar-refractivity contribution >= 4 is 17.2 Å². The van der Waals surface area contributed by atoms with Gasteiger partial charge in [0.25, 0.3) is 0 Å². The molecule has 27 heavy (non-hydrogen) atoms. The number of rotatable bonds is 6. The van der Waals surface area contributed by atoms with Gasteiger partial charge >= 0.3 is 0 Å². The summed E-state index contributed by atoms with van der Waals surface area (Å²) in [5, 5.41) is 4.11. The maximum absolute atomic E-state index is 6.04. The van der Waals surface area contributed by atoms with E-state index in [9.17, 15) is 0 Å². The lowest BCUT2D eigenvalue weighted by molar-refractivity contribution is 0.147. The van der Waals surface area contributed by atoms with Crippen LogP contribution in [0, 0.1) is 13.8 Å². The molecular weight excluding hydrogens is 354 g/mol. The summed E-state index contributed by atoms with van der Waals surface area (Å²) in [6, 6.07) is 12.4. The second-order valence-electron chi connectivity index (χ2n) is 6.86. The van der Waals surface area contributed by atoms with Crippen LogP contribution >= 0.6 is 11.6 Å². The molecular formula is C24H34ClNO. The number of benzene rings is 2. The summed E-state index contributed by atoms with van der Waals surface area (Å²) in [4.78, 5) is 0. The summed E-state index contributed by atoms with van der Waals surface area (Å²) in [5.41, 5.74) is 7.33. The number of nitrogens with one attached hydrogen (secondary N) is 1. The fraction of sp³-hybridized carbons (Fsp3) is 0.417. The van der Waals surface area contributed by atoms with Crippen LogP contribution in [0.2, 0.25) is 5.02 Å². The van der Waals surface area contributed by atoms with E-state index in [1.807, 2.05) is 33.0 Å². The van der Waals surface area contributed by atoms with Gasteiger partial charge in [0.2, 0.25) is 0 Å². The fourth-order valence-corrected chi connectivity index (χ4v) is 3.56. The third-order valence-electron chi connectivity index (χ3n) is 4.77. The molecule has 0 bridgehead atoms. The highest BCUT2D eigenvalue weighted by Gasteiger charge is 2.20. The number of aryl methyl sites for hydroxylation is 1. The second-order valence-corrected chi connectivity index (χ2v) is 7.30. The molecule has 3 heteroatoms. The lowest BCUT2D eigenvalue weighted by Gasteiger charge is -2.26. The first-order chi connectivity index (χ1) is 12.8. The van der Waals surface area contributed by atoms with E-state index in [0.29, 0.717) is 6.61 Å². The van der Waals surface area contributed by atoms with Gasteiger partial charge in [0.15, 0.2) is 0 Å². The first kappa shape index (κ1) is 23.4. The van der Waals surface area contributed by atoms with Crippen molar-refractivity contribution in [1.82, 2.24) is 5.32 Å². The summed E-state index contributed by atoms with van der Waals surface area (Å²) in [6.07, 6.45) is 2.26. The van der Waals surface area contributed by atoms with Gasteiger partial charge in [-0.3, -0.25) is 0 Å². The van der Waals surface area contributed by atoms with E-state index in [4.69, 9.17) is 16.3 Å². The van der Waals surface area contributed by atoms with Crippen molar-refractivity contribution < 1.29 is 4.74 Å². The maximum Gasteiger partial charge on any atom is 0.0677 e. The normalized spacial score (nSPS) is 13.6. The van der Waals surface area contributed by atoms with E-state index in [0.717, 1.165) is 5.02 Å². The zero-order valence-electron chi connectivity index (χ0n) is 18.0. The molecule has 2 aromatic rings. The minimum atomic E-state index is -0.200. The lowest BCUT2D eigenvalue weighted by Crippen LogP contribution is -2.42. The van der Waals surface area contributed by atoms with Gasteiger partial charge in [0, 0.05) is 12.1 Å². The Balaban J connectivity index is 0.00000176. The molecule has 0 spiro atoms. The first-order valence-electron chi connectivity index (χ1n) is 9.55. The molecule has 0 amide bonds. The van der Waals surface area contributed by atoms with Crippen molar-refractivity contribution in [1.29, 1.82) is 0 Å². The van der Waals surface area contributed by atoms with Gasteiger partial charge in [0.05, 0.1) is 12.1 Å². The molecule has 2 nitrogen and oxygen atoms in total. The van der Waals surface area contributed by atoms with Crippen LogP contribution in [0.25, 0.3) is 16.7 Å². The fourth-order valence-electron chi connectivity index (χ4n) is 3.43. The Kier molecular flexibility index (Phi) is 9.25. The molecule has 148 valence electrons. The second kappa shape index (κ2) is 10.7. The molecule has 0 fully saturated rings. The Labute approximate surface area is 170 Å². The molecule has 0 heterocycles. The van der Waals surface area contributed by atoms with Gasteiger partial charge < -0.3 is 10.1 Å². The lowest BCUT2D eigenvalue weighted by atomic mass is 9.87. The number of hydrogen-bond acceptors (Lipinski definition) is 2. The Morgan fingerprint density at radius 3 is 2.22 bits per heavy atom. The van der Waals surface area contributed by atoms with E-state index < -0.39 is 0 Å². The average Bonchev–Trinajstić information content (AvgIpc) is 2.64. The van der Waals surface area contributed by atoms with Gasteiger partial charge in [-0.1, -0.05) is 55.8 Å². The van der Waals surface area contributed by atoms with Crippen molar-refractivity contribution in [3.8, 4) is 11.1 Å². The highest BCUT2D eigenvalue weighted by atomic mass is 35.5. The summed E-state index contributed by atoms with van der Waals surface area (Å²) >= 11 is 6.04. The van der Waals surface area contributed by atoms with Crippen LogP contribution in [-0.4, -0.2) is 26.3 Å². The van der Waals surface area contributed by atoms with Crippen LogP contribution in [0.15, 0.2) is 42.5 Å². The first-order valence-corrected chi connectivity index (χ1v) is 9.93. The molecule has 1 atom stereocenters. The third kappa shape index (κ3) is 5.93. The Hall–Kier alpha value is -1.61. The molecule has 1 unspecified atom stereocenters. The predicted molar refractivity (Wildman–Crippen MR) is 121 cm³/mol. The Morgan fingerprint density at radius 2 is 1.70 bits per heavy atom. The molecule has 0 aliphatic rings. The predicted octanol–water partition coefficient (Wildman–Crippen LogP) is 6.68. The van der Waals surface area contributed by atoms with Gasteiger partial charge in [-0.05, 0) is 80.3 Å². The monoisotopic (exact) mass is 387 g/mol. The summed E-state index contributed by atoms with van der Waals surface area (Å²) in [6.45, 7) is 13.3. The molecule has 0 saturated heterocycles. The highest BCUT2D eigenvalue weighted by Crippen LogP contribution is 2.33. The number of likely N-dealkylation sites (N-methyl/N-ethyl adjacent to an activating group) is 1. The number of methoxy groups -OCH3 is 1. The van der Waals surface area contributed by atoms with E-state index in [1.165, 1.54) is 33.4 Å². The van der Waals surface area contributed by atoms with E-state index >= 15 is 0 Å². The van der Waals surface area contributed by atoms with Crippen LogP contribution in [0.1, 0.15) is 44.4 Å². The van der Waals surface area contributed by atoms with E-state index in [1.54, 1.807) is 7.11 Å². The van der Waals surface area contributed by atoms with Crippen molar-refractivity contribution in [3.63, 3.8) is 0 Å². The number of ether oxygens (including phenoxy) is 1. The molecule has 2 rings (SSSR count). The van der Waals surface area contributed by atoms with Crippen molar-refractivity contribution in [2.24, 2.45) is 0 Å². The van der Waals surface area contributed by atoms with Gasteiger partial charge in [0.1, 0.15) is 0 Å². The summed E-state index contributed by atoms with van der Waals surface area (Å²) in [7, 11) is 3.70. The van der Waals surface area contributed by atoms with Gasteiger partial charge in [-0.2, -0.15) is 0 Å². The zero-order valence-corrected chi connectivity index (χ0v) is 18.8. The summed E-state index contributed by atoms with van der Waals surface area (Å²) in [5.74, 6) is 0. The van der Waals surface area contributed by atoms with E-state index in [-0.39, 0.29) is 5.54 Å². The topological polar surface area (TPSA) is 21.3 Å². The molecule has 0 aromatic heterocycles. The molecule has 0 saturated carbocycles. The molecule has 1 N–H and O–H groups in total. The zero-order chi connectivity index (χ0) is 20.6. The minimum Gasteiger partial charge on any atom is -0.382 e. The van der Waals surface area contributed by atoms with Crippen LogP contribution < -0.4 is 5.32 Å². The SMILES string of the molecule is CC.CNC(C)(/C=C(\C)c1c(C)ccc(-c2ccc(Cl)cc2)c1C)COC. The van der Waals surface area contributed by atoms with Crippen molar-refractivity contribution in [2.75, 3.05) is 20.8 Å². The van der Waals surface area contributed by atoms with Crippen LogP contribution in [0.5, 0.6) is 0 Å². The third-order valence-corrected chi connectivity index (χ3v) is 5.03.